The molecule has 3 rings (SSSR count). The number of aliphatic hydroxyl groups is 1. The second kappa shape index (κ2) is 10.3. The monoisotopic (exact) mass is 444 g/mol. The van der Waals surface area contributed by atoms with Crippen molar-refractivity contribution >= 4 is 17.3 Å². The van der Waals surface area contributed by atoms with Crippen molar-refractivity contribution in [3.63, 3.8) is 0 Å². The minimum atomic E-state index is -0.977. The smallest absolute Gasteiger partial charge is 0.305 e. The number of nitrogens with zero attached hydrogens (tertiary/aromatic N) is 2. The maximum Gasteiger partial charge on any atom is 0.305 e. The number of benzene rings is 3. The van der Waals surface area contributed by atoms with Gasteiger partial charge in [-0.3, -0.25) is 15.0 Å². The Labute approximate surface area is 184 Å². The molecule has 0 spiro atoms. The number of hydrogen-bond donors (Lipinski definition) is 1. The van der Waals surface area contributed by atoms with Crippen LogP contribution in [0.5, 0.6) is 5.75 Å². The molecule has 0 amide bonds. The van der Waals surface area contributed by atoms with Crippen LogP contribution in [0.1, 0.15) is 5.56 Å². The molecule has 0 aliphatic carbocycles. The van der Waals surface area contributed by atoms with Crippen LogP contribution in [0.2, 0.25) is 5.02 Å². The largest absolute Gasteiger partial charge is 0.491 e. The summed E-state index contributed by atoms with van der Waals surface area (Å²) in [5.74, 6) is -0.852. The second-order valence-corrected chi connectivity index (χ2v) is 7.62. The predicted molar refractivity (Wildman–Crippen MR) is 118 cm³/mol. The van der Waals surface area contributed by atoms with Crippen molar-refractivity contribution in [2.75, 3.05) is 20.2 Å². The third-order valence-corrected chi connectivity index (χ3v) is 5.00. The van der Waals surface area contributed by atoms with E-state index in [1.807, 2.05) is 60.5 Å². The Morgan fingerprint density at radius 1 is 1.16 bits per heavy atom. The van der Waals surface area contributed by atoms with E-state index in [-0.39, 0.29) is 12.4 Å². The highest BCUT2D eigenvalue weighted by Crippen LogP contribution is 2.27. The van der Waals surface area contributed by atoms with Crippen LogP contribution in [0.4, 0.5) is 10.1 Å². The zero-order chi connectivity index (χ0) is 22.4. The first-order valence-corrected chi connectivity index (χ1v) is 9.98. The van der Waals surface area contributed by atoms with Gasteiger partial charge in [-0.25, -0.2) is 0 Å². The van der Waals surface area contributed by atoms with E-state index in [0.29, 0.717) is 18.1 Å². The first-order chi connectivity index (χ1) is 14.8. The Morgan fingerprint density at radius 2 is 1.87 bits per heavy atom. The van der Waals surface area contributed by atoms with Gasteiger partial charge in [0.25, 0.3) is 0 Å². The Bertz CT molecular complexity index is 1050. The minimum Gasteiger partial charge on any atom is -0.491 e. The molecule has 0 saturated carbocycles. The first kappa shape index (κ1) is 22.7. The number of hydrogen-bond acceptors (Lipinski definition) is 5. The molecule has 3 aromatic carbocycles. The number of aliphatic hydroxyl groups excluding tert-OH is 1. The van der Waals surface area contributed by atoms with Crippen molar-refractivity contribution in [3.8, 4) is 16.9 Å². The molecule has 8 heteroatoms. The maximum atomic E-state index is 13.6. The second-order valence-electron chi connectivity index (χ2n) is 7.21. The van der Waals surface area contributed by atoms with Crippen LogP contribution in [0.25, 0.3) is 11.1 Å². The molecule has 0 bridgehead atoms. The molecule has 0 radical (unpaired) electrons. The molecular formula is C23H22ClFN2O4. The molecule has 162 valence electrons. The van der Waals surface area contributed by atoms with Crippen LogP contribution in [-0.2, 0) is 6.54 Å². The molecule has 1 N–H and O–H groups in total. The minimum absolute atomic E-state index is 0.0625. The van der Waals surface area contributed by atoms with E-state index in [2.05, 4.69) is 0 Å². The lowest BCUT2D eigenvalue weighted by Crippen LogP contribution is -2.32. The van der Waals surface area contributed by atoms with Crippen LogP contribution in [-0.4, -0.2) is 41.2 Å². The molecule has 0 fully saturated rings. The van der Waals surface area contributed by atoms with Gasteiger partial charge in [-0.2, -0.15) is 4.39 Å². The molecule has 6 nitrogen and oxygen atoms in total. The predicted octanol–water partition coefficient (Wildman–Crippen LogP) is 4.93. The summed E-state index contributed by atoms with van der Waals surface area (Å²) >= 11 is 6.25. The van der Waals surface area contributed by atoms with Gasteiger partial charge in [0.2, 0.25) is 5.82 Å². The third-order valence-electron chi connectivity index (χ3n) is 4.67. The summed E-state index contributed by atoms with van der Waals surface area (Å²) in [7, 11) is 1.87. The van der Waals surface area contributed by atoms with E-state index in [0.717, 1.165) is 28.8 Å². The van der Waals surface area contributed by atoms with Gasteiger partial charge in [0, 0.05) is 35.8 Å². The van der Waals surface area contributed by atoms with E-state index in [1.165, 1.54) is 6.07 Å². The zero-order valence-electron chi connectivity index (χ0n) is 16.9. The molecular weight excluding hydrogens is 423 g/mol. The Balaban J connectivity index is 1.50. The molecule has 1 unspecified atom stereocenters. The third kappa shape index (κ3) is 6.24. The quantitative estimate of drug-likeness (QED) is 0.374. The molecule has 0 aromatic heterocycles. The highest BCUT2D eigenvalue weighted by atomic mass is 35.5. The summed E-state index contributed by atoms with van der Waals surface area (Å²) in [6.45, 7) is 0.890. The molecule has 1 atom stereocenters. The van der Waals surface area contributed by atoms with E-state index < -0.39 is 22.5 Å². The summed E-state index contributed by atoms with van der Waals surface area (Å²) in [5.41, 5.74) is 2.46. The highest BCUT2D eigenvalue weighted by molar-refractivity contribution is 6.33. The average molecular weight is 445 g/mol. The lowest BCUT2D eigenvalue weighted by atomic mass is 10.0. The lowest BCUT2D eigenvalue weighted by molar-refractivity contribution is -0.387. The van der Waals surface area contributed by atoms with E-state index in [1.54, 1.807) is 0 Å². The first-order valence-electron chi connectivity index (χ1n) is 9.60. The van der Waals surface area contributed by atoms with Gasteiger partial charge >= 0.3 is 5.69 Å². The topological polar surface area (TPSA) is 75.8 Å². The SMILES string of the molecule is CN(Cc1ccc(-c2ccccc2Cl)cc1)CC(O)COc1ccc([N+](=O)[O-])c(F)c1. The summed E-state index contributed by atoms with van der Waals surface area (Å²) in [6, 6.07) is 19.0. The molecule has 0 aliphatic heterocycles. The van der Waals surface area contributed by atoms with Gasteiger partial charge in [-0.15, -0.1) is 0 Å². The fourth-order valence-corrected chi connectivity index (χ4v) is 3.44. The van der Waals surface area contributed by atoms with E-state index >= 15 is 0 Å². The number of likely N-dealkylation sites (N-methyl/N-ethyl adjacent to an activating group) is 1. The molecule has 3 aromatic rings. The number of nitro benzene ring substituents is 1. The van der Waals surface area contributed by atoms with Crippen molar-refractivity contribution in [1.29, 1.82) is 0 Å². The molecule has 0 saturated heterocycles. The Hall–Kier alpha value is -3.00. The Kier molecular flexibility index (Phi) is 7.57. The summed E-state index contributed by atoms with van der Waals surface area (Å²) < 4.78 is 19.0. The van der Waals surface area contributed by atoms with Crippen molar-refractivity contribution in [2.24, 2.45) is 0 Å². The number of nitro groups is 1. The fourth-order valence-electron chi connectivity index (χ4n) is 3.19. The van der Waals surface area contributed by atoms with Gasteiger partial charge in [0.15, 0.2) is 0 Å². The van der Waals surface area contributed by atoms with Gasteiger partial charge in [0.05, 0.1) is 4.92 Å². The van der Waals surface area contributed by atoms with Gasteiger partial charge in [-0.1, -0.05) is 54.1 Å². The number of halogens is 2. The van der Waals surface area contributed by atoms with E-state index in [9.17, 15) is 19.6 Å². The summed E-state index contributed by atoms with van der Waals surface area (Å²) in [5, 5.41) is 21.6. The van der Waals surface area contributed by atoms with Crippen LogP contribution in [0.15, 0.2) is 66.7 Å². The van der Waals surface area contributed by atoms with Crippen LogP contribution in [0, 0.1) is 15.9 Å². The Morgan fingerprint density at radius 3 is 2.52 bits per heavy atom. The van der Waals surface area contributed by atoms with Crippen molar-refractivity contribution < 1.29 is 19.2 Å². The highest BCUT2D eigenvalue weighted by Gasteiger charge is 2.15. The summed E-state index contributed by atoms with van der Waals surface area (Å²) in [6.07, 6.45) is -0.814. The normalized spacial score (nSPS) is 12.0. The standard InChI is InChI=1S/C23H22ClFN2O4/c1-26(13-16-6-8-17(9-7-16)20-4-2-3-5-21(20)24)14-18(28)15-31-19-10-11-23(27(29)30)22(25)12-19/h2-12,18,28H,13-15H2,1H3. The molecule has 31 heavy (non-hydrogen) atoms. The van der Waals surface area contributed by atoms with Crippen molar-refractivity contribution in [2.45, 2.75) is 12.6 Å². The van der Waals surface area contributed by atoms with Crippen LogP contribution >= 0.6 is 11.6 Å². The fraction of sp³-hybridized carbons (Fsp3) is 0.217. The van der Waals surface area contributed by atoms with Gasteiger partial charge in [-0.05, 0) is 30.3 Å². The maximum absolute atomic E-state index is 13.6. The summed E-state index contributed by atoms with van der Waals surface area (Å²) in [4.78, 5) is 11.8. The van der Waals surface area contributed by atoms with Crippen LogP contribution in [0.3, 0.4) is 0 Å². The van der Waals surface area contributed by atoms with E-state index in [4.69, 9.17) is 16.3 Å². The zero-order valence-corrected chi connectivity index (χ0v) is 17.6. The number of rotatable bonds is 9. The van der Waals surface area contributed by atoms with Gasteiger partial charge in [0.1, 0.15) is 18.5 Å². The lowest BCUT2D eigenvalue weighted by Gasteiger charge is -2.21. The molecule has 0 heterocycles. The number of ether oxygens (including phenoxy) is 1. The van der Waals surface area contributed by atoms with Crippen LogP contribution < -0.4 is 4.74 Å². The average Bonchev–Trinajstić information content (AvgIpc) is 2.73. The van der Waals surface area contributed by atoms with Crippen molar-refractivity contribution in [3.05, 3.63) is 93.2 Å². The van der Waals surface area contributed by atoms with Crippen molar-refractivity contribution in [1.82, 2.24) is 4.90 Å². The molecule has 0 aliphatic rings. The van der Waals surface area contributed by atoms with Gasteiger partial charge < -0.3 is 9.84 Å².